The number of piperazine rings is 1. The van der Waals surface area contributed by atoms with E-state index in [-0.39, 0.29) is 5.54 Å². The molecule has 0 amide bonds. The first-order valence-corrected chi connectivity index (χ1v) is 9.77. The van der Waals surface area contributed by atoms with Crippen molar-refractivity contribution in [3.63, 3.8) is 0 Å². The minimum atomic E-state index is -0.0729. The fourth-order valence-electron chi connectivity index (χ4n) is 4.31. The van der Waals surface area contributed by atoms with Crippen LogP contribution in [-0.4, -0.2) is 62.2 Å². The van der Waals surface area contributed by atoms with Crippen LogP contribution < -0.4 is 0 Å². The summed E-state index contributed by atoms with van der Waals surface area (Å²) < 4.78 is 2.02. The van der Waals surface area contributed by atoms with E-state index in [9.17, 15) is 0 Å². The maximum atomic E-state index is 4.42. The average molecular weight is 335 g/mol. The van der Waals surface area contributed by atoms with Crippen LogP contribution in [0.15, 0.2) is 0 Å². The molecule has 1 saturated heterocycles. The van der Waals surface area contributed by atoms with Crippen molar-refractivity contribution in [2.45, 2.75) is 83.8 Å². The first kappa shape index (κ1) is 17.8. The topological polar surface area (TPSA) is 50.1 Å². The molecule has 2 fully saturated rings. The molecule has 0 unspecified atom stereocenters. The lowest BCUT2D eigenvalue weighted by atomic mass is 10.0. The van der Waals surface area contributed by atoms with Crippen LogP contribution in [0, 0.1) is 0 Å². The fourth-order valence-corrected chi connectivity index (χ4v) is 4.31. The van der Waals surface area contributed by atoms with Crippen LogP contribution in [-0.2, 0) is 5.54 Å². The molecule has 6 heteroatoms. The van der Waals surface area contributed by atoms with E-state index in [1.54, 1.807) is 0 Å². The number of nitrogens with zero attached hydrogens (tertiary/aromatic N) is 6. The molecule has 2 heterocycles. The summed E-state index contributed by atoms with van der Waals surface area (Å²) in [5, 5.41) is 12.7. The maximum Gasteiger partial charge on any atom is 0.168 e. The van der Waals surface area contributed by atoms with E-state index in [2.05, 4.69) is 53.0 Å². The van der Waals surface area contributed by atoms with E-state index in [4.69, 9.17) is 0 Å². The normalized spacial score (nSPS) is 23.0. The summed E-state index contributed by atoms with van der Waals surface area (Å²) in [5.41, 5.74) is -0.0729. The zero-order valence-corrected chi connectivity index (χ0v) is 15.9. The van der Waals surface area contributed by atoms with Crippen molar-refractivity contribution in [2.24, 2.45) is 0 Å². The zero-order valence-electron chi connectivity index (χ0n) is 15.9. The lowest BCUT2D eigenvalue weighted by Crippen LogP contribution is -2.51. The Bertz CT molecular complexity index is 506. The molecule has 1 aliphatic heterocycles. The van der Waals surface area contributed by atoms with Crippen molar-refractivity contribution >= 4 is 0 Å². The molecule has 24 heavy (non-hydrogen) atoms. The molecule has 136 valence electrons. The van der Waals surface area contributed by atoms with Crippen LogP contribution in [0.25, 0.3) is 0 Å². The molecule has 1 aromatic rings. The Morgan fingerprint density at radius 1 is 1.08 bits per heavy atom. The zero-order chi connectivity index (χ0) is 17.2. The monoisotopic (exact) mass is 334 g/mol. The lowest BCUT2D eigenvalue weighted by molar-refractivity contribution is 0.0609. The second-order valence-corrected chi connectivity index (χ2v) is 8.43. The number of aromatic nitrogens is 4. The molecule has 0 bridgehead atoms. The summed E-state index contributed by atoms with van der Waals surface area (Å²) in [6.45, 7) is 13.4. The predicted octanol–water partition coefficient (Wildman–Crippen LogP) is 2.83. The third-order valence-electron chi connectivity index (χ3n) is 5.62. The van der Waals surface area contributed by atoms with Gasteiger partial charge in [-0.3, -0.25) is 9.80 Å². The molecule has 1 saturated carbocycles. The molecule has 0 N–H and O–H groups in total. The fraction of sp³-hybridized carbons (Fsp3) is 0.944. The lowest BCUT2D eigenvalue weighted by Gasteiger charge is -2.41. The minimum absolute atomic E-state index is 0.0729. The third kappa shape index (κ3) is 3.80. The van der Waals surface area contributed by atoms with Gasteiger partial charge in [0.05, 0.1) is 11.6 Å². The second kappa shape index (κ2) is 7.48. The molecular formula is C18H34N6. The van der Waals surface area contributed by atoms with Gasteiger partial charge in [0.2, 0.25) is 0 Å². The standard InChI is InChI=1S/C18H34N6/c1-5-8-16(17-19-20-21-24(17)18(2,3)4)23-13-11-22(12-14-23)15-9-6-7-10-15/h15-16H,5-14H2,1-4H3/t16-/m0/s1. The van der Waals surface area contributed by atoms with Gasteiger partial charge in [-0.25, -0.2) is 4.68 Å². The molecule has 1 aromatic heterocycles. The summed E-state index contributed by atoms with van der Waals surface area (Å²) >= 11 is 0. The summed E-state index contributed by atoms with van der Waals surface area (Å²) in [6.07, 6.45) is 7.93. The minimum Gasteiger partial charge on any atom is -0.298 e. The Morgan fingerprint density at radius 3 is 2.33 bits per heavy atom. The van der Waals surface area contributed by atoms with Crippen LogP contribution in [0.1, 0.15) is 78.1 Å². The molecule has 0 radical (unpaired) electrons. The maximum absolute atomic E-state index is 4.42. The summed E-state index contributed by atoms with van der Waals surface area (Å²) in [6, 6.07) is 1.19. The van der Waals surface area contributed by atoms with Crippen molar-refractivity contribution < 1.29 is 0 Å². The Hall–Kier alpha value is -1.01. The molecule has 0 aromatic carbocycles. The molecule has 3 rings (SSSR count). The van der Waals surface area contributed by atoms with Gasteiger partial charge in [-0.05, 0) is 50.5 Å². The average Bonchev–Trinajstić information content (AvgIpc) is 3.23. The summed E-state index contributed by atoms with van der Waals surface area (Å²) in [7, 11) is 0. The van der Waals surface area contributed by atoms with Gasteiger partial charge in [0.25, 0.3) is 0 Å². The van der Waals surface area contributed by atoms with Gasteiger partial charge in [-0.1, -0.05) is 26.2 Å². The predicted molar refractivity (Wildman–Crippen MR) is 95.9 cm³/mol. The van der Waals surface area contributed by atoms with Gasteiger partial charge in [-0.2, -0.15) is 0 Å². The molecule has 1 aliphatic carbocycles. The number of tetrazole rings is 1. The smallest absolute Gasteiger partial charge is 0.168 e. The van der Waals surface area contributed by atoms with Gasteiger partial charge < -0.3 is 0 Å². The summed E-state index contributed by atoms with van der Waals surface area (Å²) in [5.74, 6) is 1.04. The highest BCUT2D eigenvalue weighted by molar-refractivity contribution is 4.98. The van der Waals surface area contributed by atoms with Gasteiger partial charge in [0.15, 0.2) is 5.82 Å². The molecule has 6 nitrogen and oxygen atoms in total. The molecule has 0 spiro atoms. The first-order valence-electron chi connectivity index (χ1n) is 9.77. The van der Waals surface area contributed by atoms with Crippen LogP contribution in [0.4, 0.5) is 0 Å². The van der Waals surface area contributed by atoms with Crippen LogP contribution in [0.3, 0.4) is 0 Å². The van der Waals surface area contributed by atoms with Crippen LogP contribution >= 0.6 is 0 Å². The van der Waals surface area contributed by atoms with E-state index in [0.29, 0.717) is 6.04 Å². The van der Waals surface area contributed by atoms with Gasteiger partial charge in [-0.15, -0.1) is 5.10 Å². The van der Waals surface area contributed by atoms with E-state index < -0.39 is 0 Å². The quantitative estimate of drug-likeness (QED) is 0.829. The number of hydrogen-bond acceptors (Lipinski definition) is 5. The SMILES string of the molecule is CCC[C@@H](c1nnnn1C(C)(C)C)N1CCN(C2CCCC2)CC1. The highest BCUT2D eigenvalue weighted by Gasteiger charge is 2.33. The van der Waals surface area contributed by atoms with E-state index in [1.807, 2.05) is 4.68 Å². The van der Waals surface area contributed by atoms with E-state index >= 15 is 0 Å². The van der Waals surface area contributed by atoms with Gasteiger partial charge in [0.1, 0.15) is 0 Å². The highest BCUT2D eigenvalue weighted by atomic mass is 15.6. The first-order chi connectivity index (χ1) is 11.5. The van der Waals surface area contributed by atoms with Gasteiger partial charge in [0, 0.05) is 32.2 Å². The molecule has 2 aliphatic rings. The van der Waals surface area contributed by atoms with Crippen molar-refractivity contribution in [3.05, 3.63) is 5.82 Å². The highest BCUT2D eigenvalue weighted by Crippen LogP contribution is 2.30. The van der Waals surface area contributed by atoms with Crippen molar-refractivity contribution in [1.82, 2.24) is 30.0 Å². The van der Waals surface area contributed by atoms with Crippen molar-refractivity contribution in [3.8, 4) is 0 Å². The van der Waals surface area contributed by atoms with E-state index in [1.165, 1.54) is 38.8 Å². The van der Waals surface area contributed by atoms with Crippen molar-refractivity contribution in [1.29, 1.82) is 0 Å². The third-order valence-corrected chi connectivity index (χ3v) is 5.62. The Morgan fingerprint density at radius 2 is 1.75 bits per heavy atom. The Labute approximate surface area is 146 Å². The second-order valence-electron chi connectivity index (χ2n) is 8.43. The largest absolute Gasteiger partial charge is 0.298 e. The Kier molecular flexibility index (Phi) is 5.55. The van der Waals surface area contributed by atoms with Crippen LogP contribution in [0.2, 0.25) is 0 Å². The molecule has 1 atom stereocenters. The van der Waals surface area contributed by atoms with E-state index in [0.717, 1.165) is 37.8 Å². The van der Waals surface area contributed by atoms with Crippen molar-refractivity contribution in [2.75, 3.05) is 26.2 Å². The number of rotatable bonds is 5. The Balaban J connectivity index is 1.70. The van der Waals surface area contributed by atoms with Gasteiger partial charge >= 0.3 is 0 Å². The number of hydrogen-bond donors (Lipinski definition) is 0. The molecular weight excluding hydrogens is 300 g/mol. The van der Waals surface area contributed by atoms with Crippen LogP contribution in [0.5, 0.6) is 0 Å². The summed E-state index contributed by atoms with van der Waals surface area (Å²) in [4.78, 5) is 5.34.